The Morgan fingerprint density at radius 3 is 1.83 bits per heavy atom. The molecule has 0 aliphatic carbocycles. The van der Waals surface area contributed by atoms with E-state index >= 15 is 0 Å². The van der Waals surface area contributed by atoms with Gasteiger partial charge in [0.25, 0.3) is 0 Å². The Morgan fingerprint density at radius 1 is 1.17 bits per heavy atom. The summed E-state index contributed by atoms with van der Waals surface area (Å²) in [5.74, 6) is 0. The first-order valence-corrected chi connectivity index (χ1v) is 8.66. The highest BCUT2D eigenvalue weighted by atomic mass is 31.1. The molecule has 0 saturated heterocycles. The highest BCUT2D eigenvalue weighted by molar-refractivity contribution is 7.41. The van der Waals surface area contributed by atoms with E-state index in [1.54, 1.807) is 0 Å². The first-order chi connectivity index (χ1) is 5.10. The summed E-state index contributed by atoms with van der Waals surface area (Å²) < 4.78 is 5.86. The molecule has 0 aromatic heterocycles. The maximum absolute atomic E-state index is 5.86. The zero-order valence-electron chi connectivity index (χ0n) is 9.36. The molecule has 0 bridgehead atoms. The van der Waals surface area contributed by atoms with Crippen LogP contribution in [-0.4, -0.2) is 19.0 Å². The van der Waals surface area contributed by atoms with E-state index in [1.807, 2.05) is 0 Å². The molecule has 0 spiro atoms. The van der Waals surface area contributed by atoms with Crippen LogP contribution in [0.1, 0.15) is 27.7 Å². The highest BCUT2D eigenvalue weighted by Gasteiger charge is 2.16. The zero-order chi connectivity index (χ0) is 9.99. The second-order valence-corrected chi connectivity index (χ2v) is 11.6. The average Bonchev–Trinajstić information content (AvgIpc) is 1.49. The number of rotatable bonds is 2. The van der Waals surface area contributed by atoms with Crippen LogP contribution < -0.4 is 0 Å². The van der Waals surface area contributed by atoms with E-state index < -0.39 is 8.32 Å². The van der Waals surface area contributed by atoms with E-state index in [2.05, 4.69) is 47.3 Å². The van der Waals surface area contributed by atoms with Crippen LogP contribution in [0.3, 0.4) is 0 Å². The van der Waals surface area contributed by atoms with Gasteiger partial charge in [-0.05, 0) is 26.6 Å². The van der Waals surface area contributed by atoms with Crippen LogP contribution in [-0.2, 0) is 4.43 Å². The van der Waals surface area contributed by atoms with Gasteiger partial charge in [0.1, 0.15) is 0 Å². The van der Waals surface area contributed by atoms with Crippen molar-refractivity contribution in [3.8, 4) is 0 Å². The third kappa shape index (κ3) is 8.44. The molecule has 0 aliphatic heterocycles. The van der Waals surface area contributed by atoms with Gasteiger partial charge < -0.3 is 4.43 Å². The molecule has 0 saturated carbocycles. The first-order valence-electron chi connectivity index (χ1n) is 4.36. The van der Waals surface area contributed by atoms with Crippen molar-refractivity contribution < 1.29 is 4.43 Å². The molecule has 0 fully saturated rings. The first kappa shape index (κ1) is 12.3. The Bertz CT molecular complexity index is 174. The van der Waals surface area contributed by atoms with Crippen LogP contribution in [0, 0.1) is 0 Å². The lowest BCUT2D eigenvalue weighted by atomic mass is 10.3. The third-order valence-electron chi connectivity index (χ3n) is 0.947. The van der Waals surface area contributed by atoms with Crippen LogP contribution in [0.4, 0.5) is 0 Å². The molecular weight excluding hydrogens is 183 g/mol. The van der Waals surface area contributed by atoms with Crippen LogP contribution in [0.2, 0.25) is 19.6 Å². The molecule has 0 N–H and O–H groups in total. The Hall–Kier alpha value is 0.347. The molecule has 0 aliphatic rings. The van der Waals surface area contributed by atoms with Gasteiger partial charge in [0.15, 0.2) is 8.32 Å². The molecule has 0 unspecified atom stereocenters. The van der Waals surface area contributed by atoms with E-state index in [-0.39, 0.29) is 0 Å². The fourth-order valence-corrected chi connectivity index (χ4v) is 3.77. The van der Waals surface area contributed by atoms with Crippen LogP contribution >= 0.6 is 8.20 Å². The zero-order valence-corrected chi connectivity index (χ0v) is 11.2. The van der Waals surface area contributed by atoms with Crippen molar-refractivity contribution in [1.29, 1.82) is 0 Å². The predicted octanol–water partition coefficient (Wildman–Crippen LogP) is 3.73. The summed E-state index contributed by atoms with van der Waals surface area (Å²) in [4.78, 5) is 0. The highest BCUT2D eigenvalue weighted by Crippen LogP contribution is 2.24. The summed E-state index contributed by atoms with van der Waals surface area (Å²) in [5.41, 5.74) is 1.17. The molecule has 1 nitrogen and oxygen atoms in total. The largest absolute Gasteiger partial charge is 0.386 e. The quantitative estimate of drug-likeness (QED) is 0.492. The molecule has 0 amide bonds. The summed E-state index contributed by atoms with van der Waals surface area (Å²) in [6.45, 7) is 15.4. The Morgan fingerprint density at radius 2 is 1.58 bits per heavy atom. The smallest absolute Gasteiger partial charge is 0.191 e. The van der Waals surface area contributed by atoms with Gasteiger partial charge in [-0.15, -0.1) is 0 Å². The molecule has 0 aromatic carbocycles. The maximum atomic E-state index is 5.86. The predicted molar refractivity (Wildman–Crippen MR) is 61.8 cm³/mol. The van der Waals surface area contributed by atoms with E-state index in [1.165, 1.54) is 13.7 Å². The lowest BCUT2D eigenvalue weighted by molar-refractivity contribution is 0.561. The van der Waals surface area contributed by atoms with Crippen LogP contribution in [0.25, 0.3) is 0 Å². The number of hydrogen-bond acceptors (Lipinski definition) is 1. The van der Waals surface area contributed by atoms with Crippen molar-refractivity contribution in [1.82, 2.24) is 0 Å². The van der Waals surface area contributed by atoms with Gasteiger partial charge in [-0.3, -0.25) is 0 Å². The molecule has 12 heavy (non-hydrogen) atoms. The van der Waals surface area contributed by atoms with Gasteiger partial charge >= 0.3 is 0 Å². The van der Waals surface area contributed by atoms with Crippen LogP contribution in [0.5, 0.6) is 0 Å². The maximum Gasteiger partial charge on any atom is 0.191 e. The summed E-state index contributed by atoms with van der Waals surface area (Å²) in [5, 5.41) is 0.323. The van der Waals surface area contributed by atoms with Gasteiger partial charge in [0, 0.05) is 5.16 Å². The molecule has 3 heteroatoms. The van der Waals surface area contributed by atoms with Crippen molar-refractivity contribution in [3.63, 3.8) is 0 Å². The fraction of sp³-hybridized carbons (Fsp3) is 0.889. The minimum absolute atomic E-state index is 0.323. The van der Waals surface area contributed by atoms with E-state index in [0.717, 1.165) is 0 Å². The van der Waals surface area contributed by atoms with Crippen LogP contribution in [0.15, 0.2) is 0 Å². The molecule has 0 atom stereocenters. The lowest BCUT2D eigenvalue weighted by Crippen LogP contribution is -2.27. The van der Waals surface area contributed by atoms with Gasteiger partial charge in [0.2, 0.25) is 0 Å². The number of hydrogen-bond donors (Lipinski definition) is 0. The molecule has 0 rings (SSSR count). The summed E-state index contributed by atoms with van der Waals surface area (Å²) in [7, 11) is -0.0486. The second kappa shape index (κ2) is 4.04. The Balaban J connectivity index is 4.23. The Kier molecular flexibility index (Phi) is 4.15. The summed E-state index contributed by atoms with van der Waals surface area (Å²) >= 11 is 0. The third-order valence-corrected chi connectivity index (χ3v) is 3.11. The van der Waals surface area contributed by atoms with Gasteiger partial charge in [0.05, 0.1) is 5.48 Å². The minimum Gasteiger partial charge on any atom is -0.386 e. The minimum atomic E-state index is -1.36. The lowest BCUT2D eigenvalue weighted by Gasteiger charge is -2.20. The fourth-order valence-electron chi connectivity index (χ4n) is 0.938. The standard InChI is InChI=1S/C9H21OPSi/c1-8(10-12(5,6)7)11-9(2,3)4/h1-7H3. The molecule has 0 aromatic rings. The van der Waals surface area contributed by atoms with Gasteiger partial charge in [-0.1, -0.05) is 29.0 Å². The van der Waals surface area contributed by atoms with Crippen molar-refractivity contribution in [2.24, 2.45) is 0 Å². The van der Waals surface area contributed by atoms with Crippen molar-refractivity contribution in [2.45, 2.75) is 52.5 Å². The normalized spacial score (nSPS) is 15.1. The molecule has 0 heterocycles. The molecule has 72 valence electrons. The van der Waals surface area contributed by atoms with Gasteiger partial charge in [-0.2, -0.15) is 0 Å². The van der Waals surface area contributed by atoms with Gasteiger partial charge in [-0.25, -0.2) is 0 Å². The average molecular weight is 204 g/mol. The van der Waals surface area contributed by atoms with E-state index in [0.29, 0.717) is 5.16 Å². The van der Waals surface area contributed by atoms with Crippen molar-refractivity contribution in [3.05, 3.63) is 0 Å². The van der Waals surface area contributed by atoms with Crippen molar-refractivity contribution in [2.75, 3.05) is 0 Å². The molecular formula is C9H21OPSi. The summed E-state index contributed by atoms with van der Waals surface area (Å²) in [6, 6.07) is 0. The SMILES string of the molecule is CC(O[Si](C)(C)C)=PC(C)(C)C. The van der Waals surface area contributed by atoms with E-state index in [4.69, 9.17) is 4.43 Å². The topological polar surface area (TPSA) is 9.23 Å². The summed E-state index contributed by atoms with van der Waals surface area (Å²) in [6.07, 6.45) is 0. The Labute approximate surface area is 79.4 Å². The van der Waals surface area contributed by atoms with Crippen molar-refractivity contribution >= 4 is 22.0 Å². The molecule has 0 radical (unpaired) electrons. The second-order valence-electron chi connectivity index (χ2n) is 5.02. The van der Waals surface area contributed by atoms with E-state index in [9.17, 15) is 0 Å². The monoisotopic (exact) mass is 204 g/mol.